The van der Waals surface area contributed by atoms with Crippen molar-refractivity contribution >= 4 is 35.1 Å². The Morgan fingerprint density at radius 3 is 1.03 bits per heavy atom. The van der Waals surface area contributed by atoms with Crippen LogP contribution in [-0.4, -0.2) is 17.3 Å². The number of ether oxygens (including phenoxy) is 1. The summed E-state index contributed by atoms with van der Waals surface area (Å²) in [6.07, 6.45) is 7.50. The Bertz CT molecular complexity index is 773. The summed E-state index contributed by atoms with van der Waals surface area (Å²) in [5.41, 5.74) is 0. The van der Waals surface area contributed by atoms with Gasteiger partial charge in [0.25, 0.3) is 0 Å². The van der Waals surface area contributed by atoms with E-state index in [-0.39, 0.29) is 5.34 Å². The molecule has 0 radical (unpaired) electrons. The number of pyridine rings is 2. The van der Waals surface area contributed by atoms with Crippen LogP contribution in [0, 0.1) is 0 Å². The molecule has 0 atom stereocenters. The molecular weight excluding hydrogens is 543 g/mol. The van der Waals surface area contributed by atoms with E-state index < -0.39 is 39.2 Å². The van der Waals surface area contributed by atoms with Crippen LogP contribution in [0.25, 0.3) is 0 Å². The summed E-state index contributed by atoms with van der Waals surface area (Å²) < 4.78 is 62.9. The largest absolute Gasteiger partial charge is 0.218 e. The van der Waals surface area contributed by atoms with Gasteiger partial charge in [0.05, 0.1) is 5.34 Å². The molecule has 0 amide bonds. The molecular formula is C15H20Cl2Cr2N2O10. The number of esters is 2. The second-order valence-corrected chi connectivity index (χ2v) is 8.67. The first-order valence-corrected chi connectivity index (χ1v) is 12.7. The van der Waals surface area contributed by atoms with E-state index in [0.29, 0.717) is 0 Å². The fraction of sp³-hybridized carbons (Fsp3) is 0.200. The van der Waals surface area contributed by atoms with Crippen LogP contribution < -0.4 is 18.3 Å². The molecule has 16 heteroatoms. The van der Waals surface area contributed by atoms with Crippen molar-refractivity contribution in [3.05, 3.63) is 61.2 Å². The molecule has 0 fully saturated rings. The van der Waals surface area contributed by atoms with Gasteiger partial charge in [0.15, 0.2) is 24.8 Å². The predicted molar refractivity (Wildman–Crippen MR) is 88.8 cm³/mol. The number of nitrogens with one attached hydrogen (secondary N) is 2. The molecule has 176 valence electrons. The Morgan fingerprint density at radius 2 is 1.00 bits per heavy atom. The first-order valence-electron chi connectivity index (χ1n) is 7.51. The molecule has 31 heavy (non-hydrogen) atoms. The maximum absolute atomic E-state index is 9.81. The molecule has 0 unspecified atom stereocenters. The normalized spacial score (nSPS) is 9.35. The fourth-order valence-corrected chi connectivity index (χ4v) is 2.62. The second kappa shape index (κ2) is 21.4. The van der Waals surface area contributed by atoms with Crippen molar-refractivity contribution in [2.75, 3.05) is 5.34 Å². The molecule has 2 aromatic heterocycles. The van der Waals surface area contributed by atoms with Crippen LogP contribution in [0.3, 0.4) is 0 Å². The molecule has 2 rings (SSSR count). The van der Waals surface area contributed by atoms with Gasteiger partial charge in [-0.05, 0) is 0 Å². The Morgan fingerprint density at radius 1 is 0.742 bits per heavy atom. The van der Waals surface area contributed by atoms with Crippen LogP contribution >= 0.6 is 23.2 Å². The third-order valence-corrected chi connectivity index (χ3v) is 4.34. The maximum Gasteiger partial charge on any atom is 0.166 e. The van der Waals surface area contributed by atoms with E-state index in [0.717, 1.165) is 0 Å². The van der Waals surface area contributed by atoms with E-state index in [1.807, 2.05) is 61.2 Å². The average molecular weight is 563 g/mol. The molecule has 2 heterocycles. The van der Waals surface area contributed by atoms with Crippen LogP contribution in [0.2, 0.25) is 0 Å². The van der Waals surface area contributed by atoms with Crippen LogP contribution in [0.5, 0.6) is 0 Å². The average Bonchev–Trinajstić information content (AvgIpc) is 2.63. The van der Waals surface area contributed by atoms with Crippen molar-refractivity contribution in [3.63, 3.8) is 0 Å². The van der Waals surface area contributed by atoms with Gasteiger partial charge in [0.1, 0.15) is 0 Å². The summed E-state index contributed by atoms with van der Waals surface area (Å²) in [6.45, 7) is 2.36. The molecule has 0 bridgehead atoms. The topological polar surface area (TPSA) is 195 Å². The second-order valence-electron chi connectivity index (χ2n) is 4.23. The van der Waals surface area contributed by atoms with E-state index in [1.54, 1.807) is 0 Å². The Kier molecular flexibility index (Phi) is 23.3. The minimum Gasteiger partial charge on any atom is -0.218 e. The number of carbonyl (C=O) groups is 2. The first kappa shape index (κ1) is 33.8. The Labute approximate surface area is 192 Å². The first-order chi connectivity index (χ1) is 14.2. The minimum absolute atomic E-state index is 0.194. The summed E-state index contributed by atoms with van der Waals surface area (Å²) in [7, 11) is 0. The van der Waals surface area contributed by atoms with E-state index >= 15 is 0 Å². The van der Waals surface area contributed by atoms with Crippen LogP contribution in [0.15, 0.2) is 61.2 Å². The van der Waals surface area contributed by atoms with Gasteiger partial charge in [-0.15, -0.1) is 23.2 Å². The van der Waals surface area contributed by atoms with Gasteiger partial charge in [-0.1, -0.05) is 12.1 Å². The number of alkyl halides is 2. The van der Waals surface area contributed by atoms with Crippen LogP contribution in [0.4, 0.5) is 0 Å². The number of hydrogen-bond acceptors (Lipinski definition) is 10. The zero-order valence-corrected chi connectivity index (χ0v) is 20.2. The van der Waals surface area contributed by atoms with Crippen molar-refractivity contribution < 1.29 is 77.9 Å². The fourth-order valence-electron chi connectivity index (χ4n) is 0.988. The van der Waals surface area contributed by atoms with Gasteiger partial charge in [-0.2, -0.15) is 0 Å². The zero-order valence-electron chi connectivity index (χ0n) is 16.1. The van der Waals surface area contributed by atoms with Crippen LogP contribution in [0.1, 0.15) is 13.8 Å². The number of H-pyrrole nitrogens is 2. The van der Waals surface area contributed by atoms with Gasteiger partial charge >= 0.3 is 65.5 Å². The van der Waals surface area contributed by atoms with Gasteiger partial charge in [-0.3, -0.25) is 9.59 Å². The van der Waals surface area contributed by atoms with E-state index in [1.165, 1.54) is 13.8 Å². The van der Waals surface area contributed by atoms with Gasteiger partial charge in [0, 0.05) is 38.1 Å². The molecule has 0 saturated heterocycles. The summed E-state index contributed by atoms with van der Waals surface area (Å²) in [4.78, 5) is 25.4. The molecule has 0 spiro atoms. The number of aromatic amines is 2. The van der Waals surface area contributed by atoms with Gasteiger partial charge in [-0.25, -0.2) is 9.97 Å². The van der Waals surface area contributed by atoms with Crippen LogP contribution in [-0.2, 0) is 59.6 Å². The molecule has 2 N–H and O–H groups in total. The van der Waals surface area contributed by atoms with E-state index in [2.05, 4.69) is 17.5 Å². The number of hydrogen-bond donors (Lipinski definition) is 0. The Hall–Kier alpha value is -1.84. The standard InChI is InChI=1S/2C5H5N.C4H6O3.CH2Cl2.2Cr.7O/c2*1-2-4-6-5-3-1;1-3(5)7-4(2)6;2-1-3;;;;;;;;;/h2*1-5H;1-2H3;1H2;;;;;;;;;/q;;;;;;;;;;;2*-1/p+2. The zero-order chi connectivity index (χ0) is 24.8. The molecule has 0 aliphatic rings. The number of rotatable bonds is 2. The molecule has 12 nitrogen and oxygen atoms in total. The minimum atomic E-state index is -6.07. The Balaban J connectivity index is -0.000000326. The summed E-state index contributed by atoms with van der Waals surface area (Å²) in [6, 6.07) is 11.7. The van der Waals surface area contributed by atoms with Crippen molar-refractivity contribution in [3.8, 4) is 0 Å². The molecule has 2 aromatic rings. The number of carbonyl (C=O) groups excluding carboxylic acids is 2. The quantitative estimate of drug-likeness (QED) is 0.263. The molecule has 0 aromatic carbocycles. The summed E-state index contributed by atoms with van der Waals surface area (Å²) in [5.74, 6) is -1.12. The monoisotopic (exact) mass is 562 g/mol. The maximum atomic E-state index is 9.81. The third-order valence-electron chi connectivity index (χ3n) is 1.67. The van der Waals surface area contributed by atoms with Crippen molar-refractivity contribution in [1.29, 1.82) is 0 Å². The van der Waals surface area contributed by atoms with Gasteiger partial charge in [0.2, 0.25) is 0 Å². The van der Waals surface area contributed by atoms with Gasteiger partial charge < -0.3 is 4.74 Å². The van der Waals surface area contributed by atoms with E-state index in [4.69, 9.17) is 23.2 Å². The van der Waals surface area contributed by atoms with E-state index in [9.17, 15) is 33.1 Å². The summed E-state index contributed by atoms with van der Waals surface area (Å²) in [5, 5.41) is 0.194. The van der Waals surface area contributed by atoms with Crippen molar-refractivity contribution in [1.82, 2.24) is 0 Å². The predicted octanol–water partition coefficient (Wildman–Crippen LogP) is -0.408. The SMILES string of the molecule is CC(=O)OC(C)=O.ClCCl.[O]=[Cr](=[O])([O-])[O][Cr](=[O])(=[O])[O-].c1cc[nH+]cc1.c1cc[nH+]cc1. The van der Waals surface area contributed by atoms with Crippen molar-refractivity contribution in [2.45, 2.75) is 13.8 Å². The number of aromatic nitrogens is 2. The number of halogens is 2. The molecule has 0 aliphatic heterocycles. The molecule has 0 aliphatic carbocycles. The summed E-state index contributed by atoms with van der Waals surface area (Å²) >= 11 is -2.61. The molecule has 0 saturated carbocycles. The third kappa shape index (κ3) is 47.4. The smallest absolute Gasteiger partial charge is 0.166 e. The van der Waals surface area contributed by atoms with Crippen molar-refractivity contribution in [2.24, 2.45) is 0 Å².